The molecular weight excluding hydrogens is 362 g/mol. The number of esters is 1. The molecule has 3 heterocycles. The van der Waals surface area contributed by atoms with Crippen molar-refractivity contribution in [2.75, 3.05) is 26.3 Å². The van der Waals surface area contributed by atoms with Gasteiger partial charge < -0.3 is 14.4 Å². The molecule has 1 aromatic heterocycles. The summed E-state index contributed by atoms with van der Waals surface area (Å²) in [5.74, 6) is -0.116. The zero-order valence-electron chi connectivity index (χ0n) is 16.0. The number of hydrogen-bond donors (Lipinski definition) is 0. The molecule has 0 aliphatic carbocycles. The molecule has 2 aliphatic rings. The number of nitrogens with zero attached hydrogens (tertiary/aromatic N) is 1. The molecule has 0 radical (unpaired) electrons. The standard InChI is InChI=1S/C21H29NO4S/c1-2-25-20(24)21(16-17-6-3-4-14-26-17)10-12-22(13-11-21)19(23)9-8-18-7-5-15-27-18/h5,7-9,15,17H,2-4,6,10-14,16H2,1H3. The maximum Gasteiger partial charge on any atom is 0.312 e. The van der Waals surface area contributed by atoms with Crippen molar-refractivity contribution in [1.82, 2.24) is 4.90 Å². The maximum atomic E-state index is 12.8. The van der Waals surface area contributed by atoms with E-state index in [9.17, 15) is 9.59 Å². The average molecular weight is 392 g/mol. The summed E-state index contributed by atoms with van der Waals surface area (Å²) >= 11 is 1.61. The average Bonchev–Trinajstić information content (AvgIpc) is 3.21. The van der Waals surface area contributed by atoms with Gasteiger partial charge in [-0.05, 0) is 63.0 Å². The Bertz CT molecular complexity index is 641. The molecule has 1 atom stereocenters. The van der Waals surface area contributed by atoms with Crippen LogP contribution in [0.5, 0.6) is 0 Å². The van der Waals surface area contributed by atoms with Gasteiger partial charge in [-0.1, -0.05) is 6.07 Å². The first kappa shape index (κ1) is 20.1. The Hall–Kier alpha value is -1.66. The number of ether oxygens (including phenoxy) is 2. The molecule has 0 bridgehead atoms. The number of likely N-dealkylation sites (tertiary alicyclic amines) is 1. The topological polar surface area (TPSA) is 55.8 Å². The minimum atomic E-state index is -0.522. The molecule has 0 saturated carbocycles. The highest BCUT2D eigenvalue weighted by atomic mass is 32.1. The molecule has 148 valence electrons. The SMILES string of the molecule is CCOC(=O)C1(CC2CCCCO2)CCN(C(=O)C=Cc2cccs2)CC1. The van der Waals surface area contributed by atoms with E-state index in [1.165, 1.54) is 0 Å². The van der Waals surface area contributed by atoms with Gasteiger partial charge in [-0.2, -0.15) is 0 Å². The van der Waals surface area contributed by atoms with Crippen molar-refractivity contribution < 1.29 is 19.1 Å². The van der Waals surface area contributed by atoms with E-state index >= 15 is 0 Å². The lowest BCUT2D eigenvalue weighted by molar-refractivity contribution is -0.163. The Morgan fingerprint density at radius 2 is 2.19 bits per heavy atom. The summed E-state index contributed by atoms with van der Waals surface area (Å²) in [6, 6.07) is 3.96. The van der Waals surface area contributed by atoms with Crippen LogP contribution in [0.3, 0.4) is 0 Å². The number of carbonyl (C=O) groups excluding carboxylic acids is 2. The molecule has 5 nitrogen and oxygen atoms in total. The Labute approximate surface area is 165 Å². The first-order chi connectivity index (χ1) is 13.1. The van der Waals surface area contributed by atoms with Crippen molar-refractivity contribution in [3.63, 3.8) is 0 Å². The molecule has 1 amide bonds. The number of thiophene rings is 1. The Balaban J connectivity index is 1.61. The minimum absolute atomic E-state index is 0.00905. The third-order valence-corrected chi connectivity index (χ3v) is 6.40. The van der Waals surface area contributed by atoms with Gasteiger partial charge in [0.15, 0.2) is 0 Å². The third kappa shape index (κ3) is 5.20. The molecule has 0 spiro atoms. The van der Waals surface area contributed by atoms with Gasteiger partial charge in [-0.25, -0.2) is 0 Å². The highest BCUT2D eigenvalue weighted by Crippen LogP contribution is 2.40. The molecular formula is C21H29NO4S. The van der Waals surface area contributed by atoms with Crippen molar-refractivity contribution in [3.8, 4) is 0 Å². The number of amides is 1. The van der Waals surface area contributed by atoms with Crippen LogP contribution in [0.25, 0.3) is 6.08 Å². The molecule has 6 heteroatoms. The third-order valence-electron chi connectivity index (χ3n) is 5.57. The fraction of sp³-hybridized carbons (Fsp3) is 0.619. The first-order valence-electron chi connectivity index (χ1n) is 9.92. The maximum absolute atomic E-state index is 12.8. The second-order valence-corrected chi connectivity index (χ2v) is 8.35. The summed E-state index contributed by atoms with van der Waals surface area (Å²) in [6.07, 6.45) is 8.87. The van der Waals surface area contributed by atoms with Gasteiger partial charge in [0, 0.05) is 30.6 Å². The van der Waals surface area contributed by atoms with Crippen molar-refractivity contribution in [2.24, 2.45) is 5.41 Å². The number of hydrogen-bond acceptors (Lipinski definition) is 5. The van der Waals surface area contributed by atoms with Gasteiger partial charge >= 0.3 is 5.97 Å². The van der Waals surface area contributed by atoms with E-state index in [-0.39, 0.29) is 18.0 Å². The van der Waals surface area contributed by atoms with Crippen LogP contribution in [0.2, 0.25) is 0 Å². The van der Waals surface area contributed by atoms with E-state index in [0.29, 0.717) is 39.0 Å². The lowest BCUT2D eigenvalue weighted by Crippen LogP contribution is -2.48. The van der Waals surface area contributed by atoms with E-state index in [4.69, 9.17) is 9.47 Å². The second kappa shape index (κ2) is 9.51. The van der Waals surface area contributed by atoms with Gasteiger partial charge in [-0.15, -0.1) is 11.3 Å². The molecule has 2 saturated heterocycles. The van der Waals surface area contributed by atoms with Crippen LogP contribution in [0.4, 0.5) is 0 Å². The van der Waals surface area contributed by atoms with Crippen LogP contribution >= 0.6 is 11.3 Å². The lowest BCUT2D eigenvalue weighted by atomic mass is 9.73. The first-order valence-corrected chi connectivity index (χ1v) is 10.8. The van der Waals surface area contributed by atoms with Crippen LogP contribution in [0.1, 0.15) is 50.3 Å². The molecule has 3 rings (SSSR count). The predicted molar refractivity (Wildman–Crippen MR) is 106 cm³/mol. The molecule has 1 aromatic rings. The largest absolute Gasteiger partial charge is 0.466 e. The highest BCUT2D eigenvalue weighted by Gasteiger charge is 2.45. The smallest absolute Gasteiger partial charge is 0.312 e. The highest BCUT2D eigenvalue weighted by molar-refractivity contribution is 7.10. The minimum Gasteiger partial charge on any atom is -0.466 e. The summed E-state index contributed by atoms with van der Waals surface area (Å²) in [6.45, 7) is 4.18. The summed E-state index contributed by atoms with van der Waals surface area (Å²) in [5.41, 5.74) is -0.522. The quantitative estimate of drug-likeness (QED) is 0.545. The van der Waals surface area contributed by atoms with Crippen molar-refractivity contribution in [1.29, 1.82) is 0 Å². The molecule has 0 aromatic carbocycles. The molecule has 0 N–H and O–H groups in total. The summed E-state index contributed by atoms with van der Waals surface area (Å²) < 4.78 is 11.3. The van der Waals surface area contributed by atoms with Gasteiger partial charge in [0.25, 0.3) is 0 Å². The van der Waals surface area contributed by atoms with Gasteiger partial charge in [0.2, 0.25) is 5.91 Å². The van der Waals surface area contributed by atoms with Crippen LogP contribution in [-0.2, 0) is 19.1 Å². The number of rotatable bonds is 6. The van der Waals surface area contributed by atoms with Crippen LogP contribution in [0, 0.1) is 5.41 Å². The van der Waals surface area contributed by atoms with Crippen molar-refractivity contribution in [2.45, 2.75) is 51.6 Å². The lowest BCUT2D eigenvalue weighted by Gasteiger charge is -2.41. The van der Waals surface area contributed by atoms with Gasteiger partial charge in [-0.3, -0.25) is 9.59 Å². The second-order valence-electron chi connectivity index (χ2n) is 7.37. The molecule has 2 fully saturated rings. The molecule has 1 unspecified atom stereocenters. The van der Waals surface area contributed by atoms with E-state index in [1.54, 1.807) is 17.4 Å². The predicted octanol–water partition coefficient (Wildman–Crippen LogP) is 3.89. The van der Waals surface area contributed by atoms with Crippen LogP contribution < -0.4 is 0 Å². The van der Waals surface area contributed by atoms with E-state index in [2.05, 4.69) is 0 Å². The Kier molecular flexibility index (Phi) is 7.07. The van der Waals surface area contributed by atoms with E-state index < -0.39 is 5.41 Å². The normalized spacial score (nSPS) is 22.7. The summed E-state index contributed by atoms with van der Waals surface area (Å²) in [5, 5.41) is 1.99. The van der Waals surface area contributed by atoms with Crippen LogP contribution in [-0.4, -0.2) is 49.2 Å². The zero-order valence-corrected chi connectivity index (χ0v) is 16.8. The van der Waals surface area contributed by atoms with Gasteiger partial charge in [0.05, 0.1) is 18.1 Å². The molecule has 27 heavy (non-hydrogen) atoms. The van der Waals surface area contributed by atoms with Crippen LogP contribution in [0.15, 0.2) is 23.6 Å². The number of piperidine rings is 1. The van der Waals surface area contributed by atoms with E-state index in [0.717, 1.165) is 30.7 Å². The Morgan fingerprint density at radius 1 is 1.37 bits per heavy atom. The molecule has 2 aliphatic heterocycles. The number of carbonyl (C=O) groups is 2. The van der Waals surface area contributed by atoms with E-state index in [1.807, 2.05) is 35.4 Å². The van der Waals surface area contributed by atoms with Gasteiger partial charge in [0.1, 0.15) is 0 Å². The monoisotopic (exact) mass is 391 g/mol. The summed E-state index contributed by atoms with van der Waals surface area (Å²) in [4.78, 5) is 28.2. The summed E-state index contributed by atoms with van der Waals surface area (Å²) in [7, 11) is 0. The zero-order chi connectivity index (χ0) is 19.1. The Morgan fingerprint density at radius 3 is 2.81 bits per heavy atom. The fourth-order valence-electron chi connectivity index (χ4n) is 3.98. The fourth-order valence-corrected chi connectivity index (χ4v) is 4.60. The van der Waals surface area contributed by atoms with Crippen molar-refractivity contribution >= 4 is 29.3 Å². The van der Waals surface area contributed by atoms with Crippen molar-refractivity contribution in [3.05, 3.63) is 28.5 Å².